The van der Waals surface area contributed by atoms with Crippen LogP contribution in [0.25, 0.3) is 11.1 Å². The van der Waals surface area contributed by atoms with Gasteiger partial charge in [-0.05, 0) is 61.8 Å². The standard InChI is InChI=1S/C35H50N4S8/c1-25-11-13-27-28-14-12-26(2)24-30(28)35(29(27)23-25,15-7-3-5-9-19-38(33(44)45)21-17-36-31(40)41)16-8-4-6-10-20-39(34(46)47)22-18-37-32(42)43/h11-14,23-24H,3-10,15-22H2,1-2H3,(H,44,45)(H,46,47)(H2,36,40,41)(H2,37,42,43). The van der Waals surface area contributed by atoms with E-state index in [4.69, 9.17) is 48.9 Å². The van der Waals surface area contributed by atoms with Gasteiger partial charge in [0, 0.05) is 44.7 Å². The molecule has 0 aromatic heterocycles. The fourth-order valence-electron chi connectivity index (χ4n) is 6.75. The van der Waals surface area contributed by atoms with E-state index >= 15 is 0 Å². The smallest absolute Gasteiger partial charge is 0.133 e. The summed E-state index contributed by atoms with van der Waals surface area (Å²) < 4.78 is 2.29. The van der Waals surface area contributed by atoms with Gasteiger partial charge in [-0.25, -0.2) is 0 Å². The van der Waals surface area contributed by atoms with E-state index < -0.39 is 0 Å². The number of thiol groups is 4. The van der Waals surface area contributed by atoms with E-state index in [1.54, 1.807) is 0 Å². The summed E-state index contributed by atoms with van der Waals surface area (Å²) in [5.74, 6) is 0. The Hall–Kier alpha value is -0.600. The second kappa shape index (κ2) is 20.9. The second-order valence-corrected chi connectivity index (χ2v) is 17.1. The summed E-state index contributed by atoms with van der Waals surface area (Å²) in [6, 6.07) is 14.2. The van der Waals surface area contributed by atoms with Gasteiger partial charge in [-0.15, -0.1) is 50.5 Å². The van der Waals surface area contributed by atoms with Gasteiger partial charge in [0.15, 0.2) is 0 Å². The predicted molar refractivity (Wildman–Crippen MR) is 234 cm³/mol. The molecule has 12 heteroatoms. The Labute approximate surface area is 327 Å². The molecule has 0 bridgehead atoms. The molecule has 0 heterocycles. The summed E-state index contributed by atoms with van der Waals surface area (Å²) >= 11 is 38.0. The molecule has 0 aliphatic heterocycles. The van der Waals surface area contributed by atoms with Crippen molar-refractivity contribution in [2.75, 3.05) is 39.3 Å². The monoisotopic (exact) mass is 782 g/mol. The molecule has 0 amide bonds. The molecule has 0 saturated heterocycles. The number of hydrogen-bond donors (Lipinski definition) is 6. The molecule has 2 aromatic carbocycles. The first-order valence-corrected chi connectivity index (χ1v) is 20.0. The number of fused-ring (bicyclic) bond motifs is 3. The van der Waals surface area contributed by atoms with E-state index in [0.717, 1.165) is 39.0 Å². The zero-order valence-electron chi connectivity index (χ0n) is 27.6. The van der Waals surface area contributed by atoms with Crippen molar-refractivity contribution < 1.29 is 0 Å². The van der Waals surface area contributed by atoms with Crippen LogP contribution in [0.15, 0.2) is 36.4 Å². The van der Waals surface area contributed by atoms with E-state index in [9.17, 15) is 0 Å². The van der Waals surface area contributed by atoms with Gasteiger partial charge in [0.05, 0.1) is 0 Å². The van der Waals surface area contributed by atoms with Gasteiger partial charge < -0.3 is 20.4 Å². The van der Waals surface area contributed by atoms with Crippen molar-refractivity contribution in [1.82, 2.24) is 20.4 Å². The highest BCUT2D eigenvalue weighted by Crippen LogP contribution is 2.54. The van der Waals surface area contributed by atoms with Crippen LogP contribution in [0.2, 0.25) is 0 Å². The summed E-state index contributed by atoms with van der Waals surface area (Å²) in [7, 11) is 0. The van der Waals surface area contributed by atoms with E-state index in [0.29, 0.717) is 30.4 Å². The fraction of sp³-hybridized carbons (Fsp3) is 0.543. The summed E-state index contributed by atoms with van der Waals surface area (Å²) in [4.78, 5) is 4.29. The van der Waals surface area contributed by atoms with Gasteiger partial charge in [0.1, 0.15) is 17.3 Å². The Morgan fingerprint density at radius 3 is 1.32 bits per heavy atom. The van der Waals surface area contributed by atoms with E-state index in [1.165, 1.54) is 84.7 Å². The molecule has 0 atom stereocenters. The van der Waals surface area contributed by atoms with Crippen molar-refractivity contribution in [3.8, 4) is 11.1 Å². The van der Waals surface area contributed by atoms with Crippen LogP contribution in [-0.2, 0) is 5.41 Å². The lowest BCUT2D eigenvalue weighted by atomic mass is 9.70. The highest BCUT2D eigenvalue weighted by molar-refractivity contribution is 8.11. The predicted octanol–water partition coefficient (Wildman–Crippen LogP) is 9.11. The lowest BCUT2D eigenvalue weighted by Gasteiger charge is -2.33. The van der Waals surface area contributed by atoms with E-state index in [-0.39, 0.29) is 5.41 Å². The maximum Gasteiger partial charge on any atom is 0.133 e. The molecule has 258 valence electrons. The number of nitrogens with zero attached hydrogens (tertiary/aromatic N) is 2. The third-order valence-corrected chi connectivity index (χ3v) is 10.8. The molecule has 3 rings (SSSR count). The Kier molecular flexibility index (Phi) is 18.2. The summed E-state index contributed by atoms with van der Waals surface area (Å²) in [5, 5.41) is 6.18. The van der Waals surface area contributed by atoms with Gasteiger partial charge in [0.25, 0.3) is 0 Å². The Morgan fingerprint density at radius 1 is 0.574 bits per heavy atom. The quantitative estimate of drug-likeness (QED) is 0.0451. The van der Waals surface area contributed by atoms with Crippen molar-refractivity contribution in [1.29, 1.82) is 0 Å². The number of aryl methyl sites for hydroxylation is 2. The number of benzene rings is 2. The molecule has 0 fully saturated rings. The average Bonchev–Trinajstić information content (AvgIpc) is 3.25. The molecule has 2 aromatic rings. The van der Waals surface area contributed by atoms with Crippen LogP contribution in [0.4, 0.5) is 0 Å². The van der Waals surface area contributed by atoms with Crippen LogP contribution in [0.1, 0.15) is 86.5 Å². The van der Waals surface area contributed by atoms with Crippen molar-refractivity contribution in [2.24, 2.45) is 0 Å². The molecule has 1 aliphatic carbocycles. The van der Waals surface area contributed by atoms with Gasteiger partial charge >= 0.3 is 0 Å². The second-order valence-electron chi connectivity index (χ2n) is 12.5. The van der Waals surface area contributed by atoms with Crippen LogP contribution in [-0.4, -0.2) is 66.4 Å². The summed E-state index contributed by atoms with van der Waals surface area (Å²) in [5.41, 5.74) is 8.62. The minimum atomic E-state index is 0.0496. The first-order chi connectivity index (χ1) is 22.4. The van der Waals surface area contributed by atoms with Crippen LogP contribution in [0.3, 0.4) is 0 Å². The van der Waals surface area contributed by atoms with Crippen molar-refractivity contribution in [3.63, 3.8) is 0 Å². The average molecular weight is 783 g/mol. The molecule has 0 radical (unpaired) electrons. The molecular weight excluding hydrogens is 733 g/mol. The molecule has 1 aliphatic rings. The number of rotatable bonds is 20. The molecule has 2 N–H and O–H groups in total. The zero-order chi connectivity index (χ0) is 34.4. The Balaban J connectivity index is 1.64. The molecule has 0 spiro atoms. The topological polar surface area (TPSA) is 30.5 Å². The van der Waals surface area contributed by atoms with Crippen LogP contribution in [0, 0.1) is 13.8 Å². The number of hydrogen-bond acceptors (Lipinski definition) is 4. The summed E-state index contributed by atoms with van der Waals surface area (Å²) in [6.45, 7) is 9.26. The first-order valence-electron chi connectivity index (χ1n) is 16.6. The normalized spacial score (nSPS) is 12.6. The van der Waals surface area contributed by atoms with Gasteiger partial charge in [-0.3, -0.25) is 0 Å². The number of unbranched alkanes of at least 4 members (excludes halogenated alkanes) is 6. The van der Waals surface area contributed by atoms with Crippen LogP contribution < -0.4 is 10.6 Å². The third kappa shape index (κ3) is 12.9. The largest absolute Gasteiger partial charge is 0.369 e. The van der Waals surface area contributed by atoms with Crippen LogP contribution in [0.5, 0.6) is 0 Å². The maximum atomic E-state index is 5.39. The van der Waals surface area contributed by atoms with Gasteiger partial charge in [0.2, 0.25) is 0 Å². The molecule has 0 saturated carbocycles. The zero-order valence-corrected chi connectivity index (χ0v) is 34.4. The minimum Gasteiger partial charge on any atom is -0.369 e. The lowest BCUT2D eigenvalue weighted by Crippen LogP contribution is -2.35. The first kappa shape index (κ1) is 40.8. The highest BCUT2D eigenvalue weighted by Gasteiger charge is 2.42. The van der Waals surface area contributed by atoms with Crippen molar-refractivity contribution >= 4 is 117 Å². The molecule has 47 heavy (non-hydrogen) atoms. The maximum absolute atomic E-state index is 5.39. The van der Waals surface area contributed by atoms with Gasteiger partial charge in [-0.1, -0.05) is 135 Å². The lowest BCUT2D eigenvalue weighted by molar-refractivity contribution is 0.380. The molecule has 0 unspecified atom stereocenters. The van der Waals surface area contributed by atoms with Crippen molar-refractivity contribution in [3.05, 3.63) is 58.7 Å². The van der Waals surface area contributed by atoms with E-state index in [1.807, 2.05) is 0 Å². The molecule has 4 nitrogen and oxygen atoms in total. The van der Waals surface area contributed by atoms with Gasteiger partial charge in [-0.2, -0.15) is 0 Å². The Morgan fingerprint density at radius 2 is 0.957 bits per heavy atom. The van der Waals surface area contributed by atoms with Crippen LogP contribution >= 0.6 is 99.4 Å². The third-order valence-electron chi connectivity index (χ3n) is 9.09. The Bertz CT molecular complexity index is 1280. The summed E-state index contributed by atoms with van der Waals surface area (Å²) in [6.07, 6.45) is 11.6. The molecular formula is C35H50N4S8. The van der Waals surface area contributed by atoms with E-state index in [2.05, 4.69) is 121 Å². The fourth-order valence-corrected chi connectivity index (χ4v) is 7.95. The van der Waals surface area contributed by atoms with Crippen molar-refractivity contribution in [2.45, 2.75) is 83.5 Å². The SMILES string of the molecule is Cc1ccc2c(c1)C(CCCCCCN(CCNC(=S)S)C(=S)S)(CCCCCCN(CCNC(=S)S)C(=S)S)c1cc(C)ccc1-2. The number of thiocarbonyl (C=S) groups is 4. The highest BCUT2D eigenvalue weighted by atomic mass is 32.1. The minimum absolute atomic E-state index is 0.0496. The number of nitrogens with one attached hydrogen (secondary N) is 2.